The van der Waals surface area contributed by atoms with E-state index in [0.717, 1.165) is 5.69 Å². The quantitative estimate of drug-likeness (QED) is 0.448. The predicted octanol–water partition coefficient (Wildman–Crippen LogP) is 5.69. The van der Waals surface area contributed by atoms with E-state index in [4.69, 9.17) is 5.73 Å². The van der Waals surface area contributed by atoms with Gasteiger partial charge in [-0.25, -0.2) is 0 Å². The number of nitrogen functional groups attached to an aromatic ring is 1. The van der Waals surface area contributed by atoms with Crippen molar-refractivity contribution in [1.29, 1.82) is 0 Å². The van der Waals surface area contributed by atoms with Crippen molar-refractivity contribution in [2.24, 2.45) is 0 Å². The van der Waals surface area contributed by atoms with Gasteiger partial charge in [-0.1, -0.05) is 71.4 Å². The van der Waals surface area contributed by atoms with Crippen LogP contribution in [0, 0.1) is 0 Å². The Morgan fingerprint density at radius 2 is 1.63 bits per heavy atom. The molecule has 0 spiro atoms. The van der Waals surface area contributed by atoms with Crippen LogP contribution in [0.2, 0.25) is 0 Å². The first-order valence-corrected chi connectivity index (χ1v) is 7.98. The number of hydrogen-bond donors (Lipinski definition) is 1. The van der Waals surface area contributed by atoms with Crippen LogP contribution in [-0.4, -0.2) is 0 Å². The van der Waals surface area contributed by atoms with E-state index in [9.17, 15) is 0 Å². The number of hydrogen-bond acceptors (Lipinski definition) is 1. The highest BCUT2D eigenvalue weighted by molar-refractivity contribution is 5.43. The highest BCUT2D eigenvalue weighted by atomic mass is 14.5. The third-order valence-electron chi connectivity index (χ3n) is 4.25. The molecule has 0 amide bonds. The minimum Gasteiger partial charge on any atom is -0.399 e. The van der Waals surface area contributed by atoms with Gasteiger partial charge >= 0.3 is 0 Å². The summed E-state index contributed by atoms with van der Waals surface area (Å²) in [6, 6.07) is 8.52. The Morgan fingerprint density at radius 3 is 2.26 bits per heavy atom. The lowest BCUT2D eigenvalue weighted by Crippen LogP contribution is -2.22. The normalized spacial score (nSPS) is 14.3. The molecule has 1 unspecified atom stereocenters. The fraction of sp³-hybridized carbons (Fsp3) is 0.667. The Morgan fingerprint density at radius 1 is 0.947 bits per heavy atom. The van der Waals surface area contributed by atoms with E-state index in [1.165, 1.54) is 56.9 Å². The molecule has 0 aromatic heterocycles. The molecular weight excluding hydrogens is 230 g/mol. The zero-order valence-electron chi connectivity index (χ0n) is 13.0. The molecule has 2 N–H and O–H groups in total. The minimum atomic E-state index is 0.305. The maximum atomic E-state index is 5.96. The lowest BCUT2D eigenvalue weighted by Gasteiger charge is -2.31. The van der Waals surface area contributed by atoms with Crippen molar-refractivity contribution in [1.82, 2.24) is 0 Å². The van der Waals surface area contributed by atoms with E-state index in [-0.39, 0.29) is 0 Å². The number of rotatable bonds is 9. The summed E-state index contributed by atoms with van der Waals surface area (Å²) in [5.41, 5.74) is 8.59. The van der Waals surface area contributed by atoms with Gasteiger partial charge in [-0.2, -0.15) is 0 Å². The monoisotopic (exact) mass is 261 g/mol. The molecule has 1 atom stereocenters. The highest BCUT2D eigenvalue weighted by Gasteiger charge is 2.25. The van der Waals surface area contributed by atoms with E-state index in [1.54, 1.807) is 0 Å². The van der Waals surface area contributed by atoms with Gasteiger partial charge in [0.2, 0.25) is 0 Å². The van der Waals surface area contributed by atoms with Crippen molar-refractivity contribution in [2.45, 2.75) is 77.6 Å². The molecule has 1 aromatic carbocycles. The summed E-state index contributed by atoms with van der Waals surface area (Å²) in [5, 5.41) is 0. The van der Waals surface area contributed by atoms with Crippen LogP contribution < -0.4 is 5.73 Å². The fourth-order valence-electron chi connectivity index (χ4n) is 2.84. The molecule has 0 aliphatic heterocycles. The topological polar surface area (TPSA) is 26.0 Å². The molecule has 0 heterocycles. The second kappa shape index (κ2) is 8.24. The van der Waals surface area contributed by atoms with Crippen molar-refractivity contribution >= 4 is 5.69 Å². The molecule has 1 nitrogen and oxygen atoms in total. The van der Waals surface area contributed by atoms with Crippen LogP contribution in [0.4, 0.5) is 5.69 Å². The first-order chi connectivity index (χ1) is 9.12. The van der Waals surface area contributed by atoms with Gasteiger partial charge in [0.25, 0.3) is 0 Å². The second-order valence-electron chi connectivity index (χ2n) is 6.10. The van der Waals surface area contributed by atoms with E-state index in [0.29, 0.717) is 5.41 Å². The van der Waals surface area contributed by atoms with Crippen molar-refractivity contribution < 1.29 is 0 Å². The molecular formula is C18H31N. The summed E-state index contributed by atoms with van der Waals surface area (Å²) in [6.07, 6.45) is 10.5. The van der Waals surface area contributed by atoms with Gasteiger partial charge in [0.15, 0.2) is 0 Å². The van der Waals surface area contributed by atoms with Gasteiger partial charge in [-0.3, -0.25) is 0 Å². The fourth-order valence-corrected chi connectivity index (χ4v) is 2.84. The molecule has 0 saturated heterocycles. The van der Waals surface area contributed by atoms with Gasteiger partial charge in [0.05, 0.1) is 0 Å². The zero-order chi connectivity index (χ0) is 14.1. The van der Waals surface area contributed by atoms with Crippen LogP contribution >= 0.6 is 0 Å². The SMILES string of the molecule is CCCCCCC(C)(CCCC)c1cccc(N)c1. The molecule has 0 aliphatic carbocycles. The van der Waals surface area contributed by atoms with Gasteiger partial charge < -0.3 is 5.73 Å². The zero-order valence-corrected chi connectivity index (χ0v) is 13.0. The molecule has 0 bridgehead atoms. The molecule has 1 aromatic rings. The van der Waals surface area contributed by atoms with Crippen LogP contribution in [0.15, 0.2) is 24.3 Å². The maximum absolute atomic E-state index is 5.96. The molecule has 108 valence electrons. The van der Waals surface area contributed by atoms with Crippen molar-refractivity contribution in [3.63, 3.8) is 0 Å². The number of nitrogens with two attached hydrogens (primary N) is 1. The molecule has 0 saturated carbocycles. The Bertz CT molecular complexity index is 358. The second-order valence-corrected chi connectivity index (χ2v) is 6.10. The summed E-state index contributed by atoms with van der Waals surface area (Å²) in [6.45, 7) is 6.97. The van der Waals surface area contributed by atoms with E-state index in [2.05, 4.69) is 39.0 Å². The summed E-state index contributed by atoms with van der Waals surface area (Å²) in [7, 11) is 0. The first kappa shape index (κ1) is 16.1. The Hall–Kier alpha value is -0.980. The summed E-state index contributed by atoms with van der Waals surface area (Å²) < 4.78 is 0. The number of anilines is 1. The summed E-state index contributed by atoms with van der Waals surface area (Å²) >= 11 is 0. The summed E-state index contributed by atoms with van der Waals surface area (Å²) in [5.74, 6) is 0. The molecule has 1 heteroatoms. The lowest BCUT2D eigenvalue weighted by molar-refractivity contribution is 0.369. The van der Waals surface area contributed by atoms with Crippen molar-refractivity contribution in [3.8, 4) is 0 Å². The Balaban J connectivity index is 2.73. The smallest absolute Gasteiger partial charge is 0.0316 e. The van der Waals surface area contributed by atoms with Crippen LogP contribution in [0.25, 0.3) is 0 Å². The first-order valence-electron chi connectivity index (χ1n) is 7.98. The van der Waals surface area contributed by atoms with Crippen molar-refractivity contribution in [3.05, 3.63) is 29.8 Å². The van der Waals surface area contributed by atoms with E-state index in [1.807, 2.05) is 6.07 Å². The molecule has 1 rings (SSSR count). The van der Waals surface area contributed by atoms with Crippen LogP contribution in [0.1, 0.15) is 77.7 Å². The maximum Gasteiger partial charge on any atom is 0.0316 e. The number of unbranched alkanes of at least 4 members (excludes halogenated alkanes) is 4. The third-order valence-corrected chi connectivity index (χ3v) is 4.25. The standard InChI is InChI=1S/C18H31N/c1-4-6-8-9-14-18(3,13-7-5-2)16-11-10-12-17(19)15-16/h10-12,15H,4-9,13-14,19H2,1-3H3. The molecule has 0 radical (unpaired) electrons. The molecule has 0 aliphatic rings. The lowest BCUT2D eigenvalue weighted by atomic mass is 9.74. The average molecular weight is 261 g/mol. The van der Waals surface area contributed by atoms with Gasteiger partial charge in [0, 0.05) is 5.69 Å². The van der Waals surface area contributed by atoms with E-state index >= 15 is 0 Å². The average Bonchev–Trinajstić information content (AvgIpc) is 2.41. The molecule has 19 heavy (non-hydrogen) atoms. The highest BCUT2D eigenvalue weighted by Crippen LogP contribution is 2.35. The predicted molar refractivity (Wildman–Crippen MR) is 86.5 cm³/mol. The Kier molecular flexibility index (Phi) is 6.97. The van der Waals surface area contributed by atoms with Gasteiger partial charge in [0.1, 0.15) is 0 Å². The van der Waals surface area contributed by atoms with Crippen LogP contribution in [0.5, 0.6) is 0 Å². The third kappa shape index (κ3) is 5.26. The summed E-state index contributed by atoms with van der Waals surface area (Å²) in [4.78, 5) is 0. The van der Waals surface area contributed by atoms with Gasteiger partial charge in [-0.05, 0) is 36.0 Å². The molecule has 0 fully saturated rings. The van der Waals surface area contributed by atoms with Crippen LogP contribution in [-0.2, 0) is 5.41 Å². The van der Waals surface area contributed by atoms with Gasteiger partial charge in [-0.15, -0.1) is 0 Å². The van der Waals surface area contributed by atoms with E-state index < -0.39 is 0 Å². The van der Waals surface area contributed by atoms with Crippen LogP contribution in [0.3, 0.4) is 0 Å². The van der Waals surface area contributed by atoms with Crippen molar-refractivity contribution in [2.75, 3.05) is 5.73 Å². The Labute approximate surface area is 119 Å². The minimum absolute atomic E-state index is 0.305. The largest absolute Gasteiger partial charge is 0.399 e. The number of benzene rings is 1.